The van der Waals surface area contributed by atoms with Gasteiger partial charge in [-0.1, -0.05) is 18.2 Å². The van der Waals surface area contributed by atoms with E-state index in [0.29, 0.717) is 50.2 Å². The molecule has 0 unspecified atom stereocenters. The molecule has 6 nitrogen and oxygen atoms in total. The van der Waals surface area contributed by atoms with Gasteiger partial charge in [-0.2, -0.15) is 0 Å². The van der Waals surface area contributed by atoms with Gasteiger partial charge in [-0.15, -0.1) is 0 Å². The van der Waals surface area contributed by atoms with E-state index in [9.17, 15) is 14.4 Å². The van der Waals surface area contributed by atoms with Crippen molar-refractivity contribution in [3.05, 3.63) is 59.2 Å². The fraction of sp³-hybridized carbons (Fsp3) is 0.423. The lowest BCUT2D eigenvalue weighted by Gasteiger charge is -2.44. The van der Waals surface area contributed by atoms with Gasteiger partial charge in [-0.25, -0.2) is 0 Å². The minimum absolute atomic E-state index is 0.00194. The maximum absolute atomic E-state index is 13.2. The maximum atomic E-state index is 13.2. The predicted molar refractivity (Wildman–Crippen MR) is 121 cm³/mol. The van der Waals surface area contributed by atoms with Crippen molar-refractivity contribution < 1.29 is 19.1 Å². The Morgan fingerprint density at radius 1 is 1.03 bits per heavy atom. The van der Waals surface area contributed by atoms with E-state index in [1.807, 2.05) is 61.2 Å². The van der Waals surface area contributed by atoms with Crippen molar-refractivity contribution in [1.29, 1.82) is 0 Å². The van der Waals surface area contributed by atoms with Gasteiger partial charge in [0.25, 0.3) is 0 Å². The van der Waals surface area contributed by atoms with Gasteiger partial charge in [0.05, 0.1) is 17.9 Å². The highest BCUT2D eigenvalue weighted by atomic mass is 16.5. The molecule has 0 N–H and O–H groups in total. The van der Waals surface area contributed by atoms with Crippen molar-refractivity contribution in [3.63, 3.8) is 0 Å². The molecule has 0 bridgehead atoms. The lowest BCUT2D eigenvalue weighted by Crippen LogP contribution is -2.53. The summed E-state index contributed by atoms with van der Waals surface area (Å²) in [5.74, 6) is 0.457. The van der Waals surface area contributed by atoms with Gasteiger partial charge in [0.2, 0.25) is 11.8 Å². The number of ketones is 1. The number of anilines is 1. The second-order valence-electron chi connectivity index (χ2n) is 9.38. The van der Waals surface area contributed by atoms with Crippen LogP contribution >= 0.6 is 0 Å². The first kappa shape index (κ1) is 20.7. The maximum Gasteiger partial charge on any atom is 0.228 e. The molecular formula is C26H28N2O4. The normalized spacial score (nSPS) is 22.1. The number of fused-ring (bicyclic) bond motifs is 1. The van der Waals surface area contributed by atoms with Crippen LogP contribution in [-0.4, -0.2) is 47.7 Å². The monoisotopic (exact) mass is 432 g/mol. The number of piperidine rings is 1. The zero-order valence-electron chi connectivity index (χ0n) is 18.6. The highest BCUT2D eigenvalue weighted by Crippen LogP contribution is 2.39. The Kier molecular flexibility index (Phi) is 5.03. The van der Waals surface area contributed by atoms with Crippen LogP contribution in [0.1, 0.15) is 47.2 Å². The molecule has 1 spiro atoms. The van der Waals surface area contributed by atoms with E-state index in [-0.39, 0.29) is 29.9 Å². The number of para-hydroxylation sites is 1. The zero-order chi connectivity index (χ0) is 22.5. The first-order valence-electron chi connectivity index (χ1n) is 11.3. The minimum atomic E-state index is -0.529. The molecule has 3 aliphatic heterocycles. The van der Waals surface area contributed by atoms with E-state index in [1.54, 1.807) is 4.90 Å². The number of Topliss-reactive ketones (excluding diaryl/α,β-unsaturated/α-hetero) is 1. The van der Waals surface area contributed by atoms with E-state index in [1.165, 1.54) is 5.56 Å². The van der Waals surface area contributed by atoms with Crippen LogP contribution in [0.15, 0.2) is 42.5 Å². The highest BCUT2D eigenvalue weighted by Gasteiger charge is 2.45. The molecule has 3 aliphatic rings. The van der Waals surface area contributed by atoms with Crippen molar-refractivity contribution in [2.45, 2.75) is 45.1 Å². The third-order valence-corrected chi connectivity index (χ3v) is 7.26. The minimum Gasteiger partial charge on any atom is -0.486 e. The molecule has 2 fully saturated rings. The summed E-state index contributed by atoms with van der Waals surface area (Å²) in [6, 6.07) is 13.4. The van der Waals surface area contributed by atoms with E-state index in [0.717, 1.165) is 11.3 Å². The summed E-state index contributed by atoms with van der Waals surface area (Å²) in [7, 11) is 0. The average molecular weight is 433 g/mol. The zero-order valence-corrected chi connectivity index (χ0v) is 18.6. The summed E-state index contributed by atoms with van der Waals surface area (Å²) in [6.45, 7) is 5.58. The van der Waals surface area contributed by atoms with Crippen molar-refractivity contribution in [1.82, 2.24) is 4.90 Å². The number of amides is 2. The van der Waals surface area contributed by atoms with Crippen LogP contribution < -0.4 is 9.64 Å². The summed E-state index contributed by atoms with van der Waals surface area (Å²) in [4.78, 5) is 42.1. The van der Waals surface area contributed by atoms with E-state index >= 15 is 0 Å². The van der Waals surface area contributed by atoms with Crippen LogP contribution in [0.4, 0.5) is 5.69 Å². The molecule has 2 aromatic rings. The third-order valence-electron chi connectivity index (χ3n) is 7.26. The van der Waals surface area contributed by atoms with Crippen molar-refractivity contribution in [2.24, 2.45) is 5.92 Å². The SMILES string of the molecule is Cc1ccc(N2C[C@H](C(=O)N3CCC4(CC3)CC(=O)c3ccccc3O4)CC2=O)cc1C. The Hall–Kier alpha value is -3.15. The van der Waals surface area contributed by atoms with Gasteiger partial charge in [-0.3, -0.25) is 14.4 Å². The summed E-state index contributed by atoms with van der Waals surface area (Å²) in [5, 5.41) is 0. The predicted octanol–water partition coefficient (Wildman–Crippen LogP) is 3.68. The van der Waals surface area contributed by atoms with E-state index in [4.69, 9.17) is 4.74 Å². The number of benzene rings is 2. The summed E-state index contributed by atoms with van der Waals surface area (Å²) in [5.41, 5.74) is 3.29. The molecule has 5 rings (SSSR count). The Bertz CT molecular complexity index is 1100. The topological polar surface area (TPSA) is 66.9 Å². The lowest BCUT2D eigenvalue weighted by atomic mass is 9.82. The number of rotatable bonds is 2. The fourth-order valence-corrected chi connectivity index (χ4v) is 5.13. The van der Waals surface area contributed by atoms with Crippen LogP contribution in [-0.2, 0) is 9.59 Å². The fourth-order valence-electron chi connectivity index (χ4n) is 5.13. The van der Waals surface area contributed by atoms with Gasteiger partial charge < -0.3 is 14.5 Å². The van der Waals surface area contributed by atoms with Crippen molar-refractivity contribution in [2.75, 3.05) is 24.5 Å². The molecule has 0 saturated carbocycles. The summed E-state index contributed by atoms with van der Waals surface area (Å²) >= 11 is 0. The summed E-state index contributed by atoms with van der Waals surface area (Å²) in [6.07, 6.45) is 1.85. The standard InChI is InChI=1S/C26H28N2O4/c1-17-7-8-20(13-18(17)2)28-16-19(14-24(28)30)25(31)27-11-9-26(10-12-27)15-22(29)21-5-3-4-6-23(21)32-26/h3-8,13,19H,9-12,14-16H2,1-2H3/t19-/m1/s1. The Morgan fingerprint density at radius 3 is 2.53 bits per heavy atom. The molecule has 1 atom stereocenters. The largest absolute Gasteiger partial charge is 0.486 e. The van der Waals surface area contributed by atoms with Crippen molar-refractivity contribution in [3.8, 4) is 5.75 Å². The number of aryl methyl sites for hydroxylation is 2. The molecular weight excluding hydrogens is 404 g/mol. The third kappa shape index (κ3) is 3.57. The molecule has 32 heavy (non-hydrogen) atoms. The lowest BCUT2D eigenvalue weighted by molar-refractivity contribution is -0.139. The van der Waals surface area contributed by atoms with Crippen LogP contribution in [0, 0.1) is 19.8 Å². The number of carbonyl (C=O) groups is 3. The molecule has 3 heterocycles. The number of likely N-dealkylation sites (tertiary alicyclic amines) is 1. The number of nitrogens with zero attached hydrogens (tertiary/aromatic N) is 2. The molecule has 2 amide bonds. The van der Waals surface area contributed by atoms with Gasteiger partial charge in [-0.05, 0) is 49.2 Å². The molecule has 0 aliphatic carbocycles. The van der Waals surface area contributed by atoms with Crippen LogP contribution in [0.25, 0.3) is 0 Å². The smallest absolute Gasteiger partial charge is 0.228 e. The quantitative estimate of drug-likeness (QED) is 0.726. The second kappa shape index (κ2) is 7.76. The number of carbonyl (C=O) groups excluding carboxylic acids is 3. The molecule has 2 saturated heterocycles. The first-order valence-corrected chi connectivity index (χ1v) is 11.3. The van der Waals surface area contributed by atoms with E-state index in [2.05, 4.69) is 0 Å². The van der Waals surface area contributed by atoms with Crippen LogP contribution in [0.2, 0.25) is 0 Å². The number of hydrogen-bond acceptors (Lipinski definition) is 4. The van der Waals surface area contributed by atoms with Crippen LogP contribution in [0.3, 0.4) is 0 Å². The van der Waals surface area contributed by atoms with Gasteiger partial charge in [0.1, 0.15) is 11.4 Å². The highest BCUT2D eigenvalue weighted by molar-refractivity contribution is 6.01. The Morgan fingerprint density at radius 2 is 1.78 bits per heavy atom. The van der Waals surface area contributed by atoms with E-state index < -0.39 is 5.60 Å². The summed E-state index contributed by atoms with van der Waals surface area (Å²) < 4.78 is 6.28. The van der Waals surface area contributed by atoms with Gasteiger partial charge >= 0.3 is 0 Å². The van der Waals surface area contributed by atoms with Crippen molar-refractivity contribution >= 4 is 23.3 Å². The first-order chi connectivity index (χ1) is 15.3. The number of ether oxygens (including phenoxy) is 1. The molecule has 6 heteroatoms. The molecule has 2 aromatic carbocycles. The average Bonchev–Trinajstić information content (AvgIpc) is 3.17. The Labute approximate surface area is 188 Å². The molecule has 0 aromatic heterocycles. The second-order valence-corrected chi connectivity index (χ2v) is 9.38. The molecule has 0 radical (unpaired) electrons. The number of hydrogen-bond donors (Lipinski definition) is 0. The molecule has 166 valence electrons. The van der Waals surface area contributed by atoms with Gasteiger partial charge in [0, 0.05) is 44.6 Å². The van der Waals surface area contributed by atoms with Crippen LogP contribution in [0.5, 0.6) is 5.75 Å². The Balaban J connectivity index is 1.24. The van der Waals surface area contributed by atoms with Gasteiger partial charge in [0.15, 0.2) is 5.78 Å².